The van der Waals surface area contributed by atoms with Crippen molar-refractivity contribution >= 4 is 23.3 Å². The van der Waals surface area contributed by atoms with Crippen LogP contribution in [0.3, 0.4) is 0 Å². The number of nitrogens with zero attached hydrogens (tertiary/aromatic N) is 5. The molecular weight excluding hydrogens is 366 g/mol. The molecular formula is C17H15N7O4. The average Bonchev–Trinajstić information content (AvgIpc) is 3.09. The van der Waals surface area contributed by atoms with Crippen molar-refractivity contribution in [2.24, 2.45) is 0 Å². The minimum Gasteiger partial charge on any atom is -0.493 e. The molecule has 2 aromatic heterocycles. The predicted octanol–water partition coefficient (Wildman–Crippen LogP) is 1.58. The molecule has 3 aromatic rings. The van der Waals surface area contributed by atoms with E-state index < -0.39 is 5.97 Å². The monoisotopic (exact) mass is 381 g/mol. The molecule has 28 heavy (non-hydrogen) atoms. The molecule has 0 aliphatic carbocycles. The molecule has 0 saturated carbocycles. The second kappa shape index (κ2) is 7.50. The number of nitriles is 1. The Bertz CT molecular complexity index is 1090. The fourth-order valence-corrected chi connectivity index (χ4v) is 2.39. The number of aromatic nitrogens is 4. The molecule has 0 bridgehead atoms. The Labute approximate surface area is 159 Å². The third-order valence-electron chi connectivity index (χ3n) is 3.71. The lowest BCUT2D eigenvalue weighted by Crippen LogP contribution is -2.10. The molecule has 0 fully saturated rings. The lowest BCUT2D eigenvalue weighted by molar-refractivity contribution is 0.0698. The van der Waals surface area contributed by atoms with Crippen LogP contribution >= 0.6 is 0 Å². The van der Waals surface area contributed by atoms with Crippen molar-refractivity contribution in [3.63, 3.8) is 0 Å². The zero-order chi connectivity index (χ0) is 20.3. The van der Waals surface area contributed by atoms with E-state index in [0.717, 1.165) is 10.9 Å². The summed E-state index contributed by atoms with van der Waals surface area (Å²) in [6.45, 7) is 0. The minimum atomic E-state index is -1.23. The largest absolute Gasteiger partial charge is 0.493 e. The summed E-state index contributed by atoms with van der Waals surface area (Å²) in [5.41, 5.74) is 6.27. The number of methoxy groups -OCH3 is 2. The lowest BCUT2D eigenvalue weighted by Gasteiger charge is -2.12. The van der Waals surface area contributed by atoms with E-state index in [1.807, 2.05) is 6.07 Å². The molecule has 2 heterocycles. The molecule has 0 aliphatic rings. The summed E-state index contributed by atoms with van der Waals surface area (Å²) >= 11 is 0. The van der Waals surface area contributed by atoms with Crippen molar-refractivity contribution in [3.05, 3.63) is 41.7 Å². The lowest BCUT2D eigenvalue weighted by atomic mass is 10.2. The molecule has 4 N–H and O–H groups in total. The smallest absolute Gasteiger partial charge is 0.341 e. The van der Waals surface area contributed by atoms with Gasteiger partial charge in [-0.1, -0.05) is 0 Å². The fourth-order valence-electron chi connectivity index (χ4n) is 2.39. The third kappa shape index (κ3) is 3.47. The summed E-state index contributed by atoms with van der Waals surface area (Å²) in [4.78, 5) is 19.4. The van der Waals surface area contributed by atoms with Crippen LogP contribution in [0.1, 0.15) is 16.1 Å². The number of nitrogens with two attached hydrogens (primary N) is 1. The number of rotatable bonds is 6. The SMILES string of the molecule is COc1ccc(Nc2cc(C#N)nc(-n3ncc(C(=O)O)c3N)n2)cc1OC. The van der Waals surface area contributed by atoms with Crippen LogP contribution in [-0.4, -0.2) is 45.0 Å². The summed E-state index contributed by atoms with van der Waals surface area (Å²) < 4.78 is 11.5. The van der Waals surface area contributed by atoms with Crippen LogP contribution in [0, 0.1) is 11.3 Å². The van der Waals surface area contributed by atoms with Gasteiger partial charge in [-0.2, -0.15) is 25.0 Å². The Morgan fingerprint density at radius 2 is 2.00 bits per heavy atom. The van der Waals surface area contributed by atoms with E-state index in [2.05, 4.69) is 20.4 Å². The first-order valence-electron chi connectivity index (χ1n) is 7.82. The van der Waals surface area contributed by atoms with Crippen molar-refractivity contribution in [2.45, 2.75) is 0 Å². The van der Waals surface area contributed by atoms with Gasteiger partial charge in [0.1, 0.15) is 29.0 Å². The van der Waals surface area contributed by atoms with Crippen molar-refractivity contribution in [1.82, 2.24) is 19.7 Å². The number of ether oxygens (including phenoxy) is 2. The first-order valence-corrected chi connectivity index (χ1v) is 7.82. The van der Waals surface area contributed by atoms with Gasteiger partial charge in [-0.25, -0.2) is 4.79 Å². The van der Waals surface area contributed by atoms with Crippen LogP contribution < -0.4 is 20.5 Å². The van der Waals surface area contributed by atoms with Crippen LogP contribution in [0.25, 0.3) is 5.95 Å². The zero-order valence-electron chi connectivity index (χ0n) is 14.9. The fraction of sp³-hybridized carbons (Fsp3) is 0.118. The summed E-state index contributed by atoms with van der Waals surface area (Å²) in [6, 6.07) is 8.48. The van der Waals surface area contributed by atoms with Gasteiger partial charge >= 0.3 is 5.97 Å². The van der Waals surface area contributed by atoms with E-state index in [0.29, 0.717) is 17.2 Å². The molecule has 0 aliphatic heterocycles. The Hall–Kier alpha value is -4.33. The minimum absolute atomic E-state index is 0.0414. The molecule has 0 radical (unpaired) electrons. The van der Waals surface area contributed by atoms with Crippen LogP contribution in [0.2, 0.25) is 0 Å². The predicted molar refractivity (Wildman–Crippen MR) is 98.1 cm³/mol. The first kappa shape index (κ1) is 18.5. The van der Waals surface area contributed by atoms with Gasteiger partial charge in [-0.3, -0.25) is 0 Å². The van der Waals surface area contributed by atoms with E-state index >= 15 is 0 Å². The maximum atomic E-state index is 11.1. The molecule has 1 aromatic carbocycles. The molecule has 0 amide bonds. The number of carboxylic acids is 1. The van der Waals surface area contributed by atoms with E-state index in [1.54, 1.807) is 18.2 Å². The molecule has 11 nitrogen and oxygen atoms in total. The van der Waals surface area contributed by atoms with Crippen molar-refractivity contribution in [2.75, 3.05) is 25.3 Å². The van der Waals surface area contributed by atoms with E-state index in [-0.39, 0.29) is 28.8 Å². The highest BCUT2D eigenvalue weighted by Gasteiger charge is 2.18. The molecule has 3 rings (SSSR count). The molecule has 0 spiro atoms. The Morgan fingerprint density at radius 3 is 2.61 bits per heavy atom. The van der Waals surface area contributed by atoms with Gasteiger partial charge in [0, 0.05) is 17.8 Å². The summed E-state index contributed by atoms with van der Waals surface area (Å²) in [5, 5.41) is 25.3. The normalized spacial score (nSPS) is 10.2. The number of carboxylic acid groups (broad SMARTS) is 1. The highest BCUT2D eigenvalue weighted by Crippen LogP contribution is 2.31. The topological polar surface area (TPSA) is 161 Å². The number of nitrogen functional groups attached to an aromatic ring is 1. The third-order valence-corrected chi connectivity index (χ3v) is 3.71. The summed E-state index contributed by atoms with van der Waals surface area (Å²) in [6.07, 6.45) is 1.08. The number of aromatic carboxylic acids is 1. The number of carbonyl (C=O) groups is 1. The number of nitrogens with one attached hydrogen (secondary N) is 1. The zero-order valence-corrected chi connectivity index (χ0v) is 14.9. The van der Waals surface area contributed by atoms with Crippen LogP contribution in [0.4, 0.5) is 17.3 Å². The van der Waals surface area contributed by atoms with Gasteiger partial charge in [0.05, 0.1) is 20.4 Å². The molecule has 11 heteroatoms. The van der Waals surface area contributed by atoms with E-state index in [4.69, 9.17) is 20.3 Å². The van der Waals surface area contributed by atoms with E-state index in [9.17, 15) is 10.1 Å². The van der Waals surface area contributed by atoms with Gasteiger partial charge in [-0.05, 0) is 12.1 Å². The molecule has 0 atom stereocenters. The number of hydrogen-bond donors (Lipinski definition) is 3. The summed E-state index contributed by atoms with van der Waals surface area (Å²) in [7, 11) is 3.04. The Balaban J connectivity index is 2.01. The Morgan fingerprint density at radius 1 is 1.25 bits per heavy atom. The standard InChI is InChI=1S/C17H15N7O4/c1-27-12-4-3-9(5-13(12)28-2)21-14-6-10(7-18)22-17(23-14)24-15(19)11(8-20-24)16(25)26/h3-6,8H,19H2,1-2H3,(H,25,26)(H,21,22,23). The van der Waals surface area contributed by atoms with Crippen molar-refractivity contribution in [1.29, 1.82) is 5.26 Å². The quantitative estimate of drug-likeness (QED) is 0.571. The van der Waals surface area contributed by atoms with Gasteiger partial charge < -0.3 is 25.6 Å². The molecule has 0 saturated heterocycles. The highest BCUT2D eigenvalue weighted by atomic mass is 16.5. The van der Waals surface area contributed by atoms with Crippen LogP contribution in [-0.2, 0) is 0 Å². The first-order chi connectivity index (χ1) is 13.5. The van der Waals surface area contributed by atoms with Crippen LogP contribution in [0.5, 0.6) is 11.5 Å². The second-order valence-corrected chi connectivity index (χ2v) is 5.41. The highest BCUT2D eigenvalue weighted by molar-refractivity contribution is 5.92. The second-order valence-electron chi connectivity index (χ2n) is 5.41. The maximum Gasteiger partial charge on any atom is 0.341 e. The van der Waals surface area contributed by atoms with Crippen molar-refractivity contribution in [3.8, 4) is 23.5 Å². The molecule has 142 valence electrons. The van der Waals surface area contributed by atoms with Crippen molar-refractivity contribution < 1.29 is 19.4 Å². The van der Waals surface area contributed by atoms with Crippen LogP contribution in [0.15, 0.2) is 30.5 Å². The van der Waals surface area contributed by atoms with Gasteiger partial charge in [0.15, 0.2) is 11.5 Å². The number of benzene rings is 1. The Kier molecular flexibility index (Phi) is 4.95. The molecule has 0 unspecified atom stereocenters. The maximum absolute atomic E-state index is 11.1. The van der Waals surface area contributed by atoms with E-state index in [1.165, 1.54) is 20.3 Å². The van der Waals surface area contributed by atoms with Gasteiger partial charge in [0.25, 0.3) is 5.95 Å². The van der Waals surface area contributed by atoms with Gasteiger partial charge in [0.2, 0.25) is 0 Å². The number of hydrogen-bond acceptors (Lipinski definition) is 9. The number of anilines is 3. The summed E-state index contributed by atoms with van der Waals surface area (Å²) in [5.74, 6) is -0.0968. The average molecular weight is 381 g/mol. The van der Waals surface area contributed by atoms with Gasteiger partial charge in [-0.15, -0.1) is 0 Å².